The van der Waals surface area contributed by atoms with Crippen LogP contribution in [0.4, 0.5) is 0 Å². The number of ether oxygens (including phenoxy) is 1. The van der Waals surface area contributed by atoms with Gasteiger partial charge in [0.1, 0.15) is 5.01 Å². The van der Waals surface area contributed by atoms with Crippen LogP contribution in [0, 0.1) is 0 Å². The highest BCUT2D eigenvalue weighted by Gasteiger charge is 2.08. The zero-order chi connectivity index (χ0) is 11.8. The highest BCUT2D eigenvalue weighted by molar-refractivity contribution is 9.11. The molecule has 1 aromatic heterocycles. The number of nitrogens with zero attached hydrogens (tertiary/aromatic N) is 1. The van der Waals surface area contributed by atoms with Crippen LogP contribution < -0.4 is 5.32 Å². The van der Waals surface area contributed by atoms with Crippen molar-refractivity contribution in [3.05, 3.63) is 15.0 Å². The Bertz CT molecular complexity index is 293. The van der Waals surface area contributed by atoms with Gasteiger partial charge in [0.15, 0.2) is 0 Å². The molecule has 1 rings (SSSR count). The van der Waals surface area contributed by atoms with Gasteiger partial charge in [0.25, 0.3) is 0 Å². The summed E-state index contributed by atoms with van der Waals surface area (Å²) in [5.74, 6) is 0. The first-order valence-electron chi connectivity index (χ1n) is 5.57. The van der Waals surface area contributed by atoms with E-state index in [0.717, 1.165) is 28.4 Å². The molecule has 1 N–H and O–H groups in total. The van der Waals surface area contributed by atoms with E-state index in [4.69, 9.17) is 4.74 Å². The largest absolute Gasteiger partial charge is 0.385 e. The van der Waals surface area contributed by atoms with E-state index in [2.05, 4.69) is 33.2 Å². The molecule has 0 aromatic carbocycles. The van der Waals surface area contributed by atoms with E-state index >= 15 is 0 Å². The van der Waals surface area contributed by atoms with Gasteiger partial charge in [0.2, 0.25) is 0 Å². The molecule has 1 aromatic rings. The molecule has 1 unspecified atom stereocenters. The molecule has 0 bridgehead atoms. The third-order valence-electron chi connectivity index (χ3n) is 2.34. The second-order valence-corrected chi connectivity index (χ2v) is 6.17. The number of thiazole rings is 1. The summed E-state index contributed by atoms with van der Waals surface area (Å²) in [6.45, 7) is 4.07. The van der Waals surface area contributed by atoms with Crippen molar-refractivity contribution in [1.82, 2.24) is 10.3 Å². The minimum atomic E-state index is 0.346. The predicted octanol–water partition coefficient (Wildman–Crippen LogP) is 3.37. The number of aromatic nitrogens is 1. The Morgan fingerprint density at radius 1 is 1.50 bits per heavy atom. The fraction of sp³-hybridized carbons (Fsp3) is 0.727. The lowest BCUT2D eigenvalue weighted by Crippen LogP contribution is -2.19. The maximum Gasteiger partial charge on any atom is 0.110 e. The molecule has 1 heterocycles. The smallest absolute Gasteiger partial charge is 0.110 e. The van der Waals surface area contributed by atoms with Crippen LogP contribution in [-0.4, -0.2) is 25.2 Å². The lowest BCUT2D eigenvalue weighted by molar-refractivity contribution is 0.192. The topological polar surface area (TPSA) is 34.1 Å². The highest BCUT2D eigenvalue weighted by atomic mass is 79.9. The molecular weight excluding hydrogens is 288 g/mol. The van der Waals surface area contributed by atoms with E-state index in [0.29, 0.717) is 6.04 Å². The lowest BCUT2D eigenvalue weighted by Gasteiger charge is -2.10. The molecule has 0 aliphatic carbocycles. The molecule has 0 spiro atoms. The van der Waals surface area contributed by atoms with Crippen molar-refractivity contribution in [3.63, 3.8) is 0 Å². The Hall–Kier alpha value is 0.0300. The van der Waals surface area contributed by atoms with Gasteiger partial charge in [-0.05, 0) is 48.7 Å². The summed E-state index contributed by atoms with van der Waals surface area (Å²) < 4.78 is 6.10. The van der Waals surface area contributed by atoms with Crippen LogP contribution in [-0.2, 0) is 4.74 Å². The molecule has 16 heavy (non-hydrogen) atoms. The van der Waals surface area contributed by atoms with Crippen LogP contribution in [0.5, 0.6) is 0 Å². The van der Waals surface area contributed by atoms with Gasteiger partial charge in [-0.2, -0.15) is 0 Å². The predicted molar refractivity (Wildman–Crippen MR) is 72.0 cm³/mol. The minimum absolute atomic E-state index is 0.346. The first-order chi connectivity index (χ1) is 7.74. The molecule has 3 nitrogen and oxygen atoms in total. The maximum absolute atomic E-state index is 5.01. The van der Waals surface area contributed by atoms with Crippen LogP contribution in [0.1, 0.15) is 37.2 Å². The van der Waals surface area contributed by atoms with Crippen molar-refractivity contribution in [3.8, 4) is 0 Å². The normalized spacial score (nSPS) is 12.9. The average molecular weight is 307 g/mol. The number of hydrogen-bond donors (Lipinski definition) is 1. The molecular formula is C11H19BrN2OS. The molecule has 0 aliphatic heterocycles. The molecule has 0 fully saturated rings. The van der Waals surface area contributed by atoms with Crippen LogP contribution in [0.2, 0.25) is 0 Å². The number of halogens is 1. The fourth-order valence-electron chi connectivity index (χ4n) is 1.42. The second kappa shape index (κ2) is 8.17. The van der Waals surface area contributed by atoms with Gasteiger partial charge in [0.05, 0.1) is 16.0 Å². The molecule has 0 aliphatic rings. The Balaban J connectivity index is 2.09. The lowest BCUT2D eigenvalue weighted by atomic mass is 10.2. The van der Waals surface area contributed by atoms with E-state index in [1.165, 1.54) is 12.8 Å². The van der Waals surface area contributed by atoms with Gasteiger partial charge in [-0.1, -0.05) is 0 Å². The summed E-state index contributed by atoms with van der Waals surface area (Å²) in [5.41, 5.74) is 0. The van der Waals surface area contributed by atoms with Crippen molar-refractivity contribution in [2.24, 2.45) is 0 Å². The molecule has 5 heteroatoms. The number of hydrogen-bond acceptors (Lipinski definition) is 4. The van der Waals surface area contributed by atoms with Gasteiger partial charge >= 0.3 is 0 Å². The SMILES string of the molecule is COCCCCCNC(C)c1ncc(Br)s1. The third kappa shape index (κ3) is 5.39. The number of nitrogens with one attached hydrogen (secondary N) is 1. The average Bonchev–Trinajstić information content (AvgIpc) is 2.70. The zero-order valence-corrected chi connectivity index (χ0v) is 12.2. The first-order valence-corrected chi connectivity index (χ1v) is 7.18. The Kier molecular flexibility index (Phi) is 7.20. The zero-order valence-electron chi connectivity index (χ0n) is 9.83. The summed E-state index contributed by atoms with van der Waals surface area (Å²) in [5, 5.41) is 4.62. The van der Waals surface area contributed by atoms with Crippen molar-refractivity contribution >= 4 is 27.3 Å². The van der Waals surface area contributed by atoms with E-state index in [1.54, 1.807) is 18.4 Å². The number of rotatable bonds is 8. The quantitative estimate of drug-likeness (QED) is 0.748. The minimum Gasteiger partial charge on any atom is -0.385 e. The van der Waals surface area contributed by atoms with E-state index in [9.17, 15) is 0 Å². The van der Waals surface area contributed by atoms with Crippen LogP contribution in [0.15, 0.2) is 9.98 Å². The van der Waals surface area contributed by atoms with Gasteiger partial charge in [-0.3, -0.25) is 0 Å². The monoisotopic (exact) mass is 306 g/mol. The molecule has 0 saturated heterocycles. The van der Waals surface area contributed by atoms with Crippen LogP contribution in [0.25, 0.3) is 0 Å². The van der Waals surface area contributed by atoms with Gasteiger partial charge < -0.3 is 10.1 Å². The van der Waals surface area contributed by atoms with Crippen molar-refractivity contribution in [2.45, 2.75) is 32.2 Å². The second-order valence-electron chi connectivity index (χ2n) is 3.73. The van der Waals surface area contributed by atoms with Crippen molar-refractivity contribution < 1.29 is 4.74 Å². The summed E-state index contributed by atoms with van der Waals surface area (Å²) in [7, 11) is 1.75. The molecule has 0 amide bonds. The van der Waals surface area contributed by atoms with E-state index in [1.807, 2.05) is 6.20 Å². The molecule has 1 atom stereocenters. The number of unbranched alkanes of at least 4 members (excludes halogenated alkanes) is 2. The van der Waals surface area contributed by atoms with Crippen molar-refractivity contribution in [1.29, 1.82) is 0 Å². The van der Waals surface area contributed by atoms with Gasteiger partial charge in [-0.15, -0.1) is 11.3 Å². The molecule has 0 saturated carbocycles. The third-order valence-corrected chi connectivity index (χ3v) is 4.00. The summed E-state index contributed by atoms with van der Waals surface area (Å²) >= 11 is 5.12. The molecule has 92 valence electrons. The molecule has 0 radical (unpaired) electrons. The summed E-state index contributed by atoms with van der Waals surface area (Å²) in [4.78, 5) is 4.33. The van der Waals surface area contributed by atoms with Crippen molar-refractivity contribution in [2.75, 3.05) is 20.3 Å². The van der Waals surface area contributed by atoms with E-state index < -0.39 is 0 Å². The summed E-state index contributed by atoms with van der Waals surface area (Å²) in [6.07, 6.45) is 5.42. The maximum atomic E-state index is 5.01. The van der Waals surface area contributed by atoms with Gasteiger partial charge in [-0.25, -0.2) is 4.98 Å². The Morgan fingerprint density at radius 2 is 2.31 bits per heavy atom. The first kappa shape index (κ1) is 14.1. The number of methoxy groups -OCH3 is 1. The van der Waals surface area contributed by atoms with Crippen LogP contribution in [0.3, 0.4) is 0 Å². The fourth-order valence-corrected chi connectivity index (χ4v) is 2.69. The summed E-state index contributed by atoms with van der Waals surface area (Å²) in [6, 6.07) is 0.346. The van der Waals surface area contributed by atoms with Crippen LogP contribution >= 0.6 is 27.3 Å². The standard InChI is InChI=1S/C11H19BrN2OS/c1-9(11-14-8-10(12)16-11)13-6-4-3-5-7-15-2/h8-9,13H,3-7H2,1-2H3. The Morgan fingerprint density at radius 3 is 2.94 bits per heavy atom. The highest BCUT2D eigenvalue weighted by Crippen LogP contribution is 2.23. The van der Waals surface area contributed by atoms with Gasteiger partial charge in [0, 0.05) is 13.7 Å². The van der Waals surface area contributed by atoms with E-state index in [-0.39, 0.29) is 0 Å². The Labute approximate surface area is 110 Å².